The van der Waals surface area contributed by atoms with Crippen LogP contribution in [0.1, 0.15) is 17.2 Å². The fraction of sp³-hybridized carbons (Fsp3) is 0.0769. The summed E-state index contributed by atoms with van der Waals surface area (Å²) in [4.78, 5) is 0. The van der Waals surface area contributed by atoms with Gasteiger partial charge in [0.2, 0.25) is 0 Å². The zero-order chi connectivity index (χ0) is 21.4. The average Bonchev–Trinajstić information content (AvgIpc) is 2.79. The molecular formula is C26H19F2NO2. The molecule has 0 aliphatic carbocycles. The van der Waals surface area contributed by atoms with Crippen molar-refractivity contribution >= 4 is 5.69 Å². The fourth-order valence-electron chi connectivity index (χ4n) is 4.07. The summed E-state index contributed by atoms with van der Waals surface area (Å²) in [5, 5.41) is 0. The maximum absolute atomic E-state index is 13.1. The minimum absolute atomic E-state index is 0.0900. The second-order valence-corrected chi connectivity index (χ2v) is 7.31. The lowest BCUT2D eigenvalue weighted by Crippen LogP contribution is -2.16. The average molecular weight is 415 g/mol. The Morgan fingerprint density at radius 3 is 2.35 bits per heavy atom. The van der Waals surface area contributed by atoms with E-state index >= 15 is 0 Å². The Morgan fingerprint density at radius 1 is 0.806 bits per heavy atom. The molecule has 1 heterocycles. The Balaban J connectivity index is 1.73. The first-order valence-corrected chi connectivity index (χ1v) is 9.90. The summed E-state index contributed by atoms with van der Waals surface area (Å²) < 4.78 is 37.3. The highest BCUT2D eigenvalue weighted by molar-refractivity contribution is 5.85. The summed E-state index contributed by atoms with van der Waals surface area (Å²) in [6.07, 6.45) is -0.393. The number of rotatable bonds is 4. The molecule has 1 unspecified atom stereocenters. The molecule has 3 nitrogen and oxygen atoms in total. The first kappa shape index (κ1) is 19.1. The van der Waals surface area contributed by atoms with E-state index in [1.807, 2.05) is 72.8 Å². The molecule has 4 aromatic carbocycles. The highest BCUT2D eigenvalue weighted by Crippen LogP contribution is 2.50. The van der Waals surface area contributed by atoms with Gasteiger partial charge < -0.3 is 15.2 Å². The van der Waals surface area contributed by atoms with Gasteiger partial charge in [0, 0.05) is 16.8 Å². The molecule has 5 heteroatoms. The molecule has 31 heavy (non-hydrogen) atoms. The Labute approximate surface area is 178 Å². The molecule has 2 N–H and O–H groups in total. The lowest BCUT2D eigenvalue weighted by molar-refractivity contribution is -0.0496. The fourth-order valence-corrected chi connectivity index (χ4v) is 4.07. The minimum atomic E-state index is -2.93. The quantitative estimate of drug-likeness (QED) is 0.378. The second-order valence-electron chi connectivity index (χ2n) is 7.31. The van der Waals surface area contributed by atoms with Crippen molar-refractivity contribution in [1.82, 2.24) is 0 Å². The van der Waals surface area contributed by atoms with Gasteiger partial charge in [0.15, 0.2) is 0 Å². The standard InChI is InChI=1S/C26H19F2NO2/c27-26(28)31-23-12-6-11-22-24(23)19-14-13-17(18-9-4-5-10-21(18)29)15-20(19)25(30-22)16-7-2-1-3-8-16/h1-15,25-26H,29H2. The van der Waals surface area contributed by atoms with Crippen molar-refractivity contribution in [2.45, 2.75) is 12.7 Å². The zero-order valence-corrected chi connectivity index (χ0v) is 16.5. The summed E-state index contributed by atoms with van der Waals surface area (Å²) in [6.45, 7) is -2.93. The normalized spacial score (nSPS) is 14.5. The molecule has 5 rings (SSSR count). The van der Waals surface area contributed by atoms with E-state index in [-0.39, 0.29) is 5.75 Å². The van der Waals surface area contributed by atoms with Crippen LogP contribution in [0, 0.1) is 0 Å². The number of hydrogen-bond acceptors (Lipinski definition) is 3. The summed E-state index contributed by atoms with van der Waals surface area (Å²) in [5.74, 6) is 0.596. The van der Waals surface area contributed by atoms with Gasteiger partial charge in [0.25, 0.3) is 0 Å². The second kappa shape index (κ2) is 7.76. The van der Waals surface area contributed by atoms with Gasteiger partial charge in [-0.15, -0.1) is 0 Å². The third-order valence-electron chi connectivity index (χ3n) is 5.43. The molecule has 0 bridgehead atoms. The van der Waals surface area contributed by atoms with Gasteiger partial charge in [0.05, 0.1) is 5.56 Å². The third-order valence-corrected chi connectivity index (χ3v) is 5.43. The van der Waals surface area contributed by atoms with Crippen molar-refractivity contribution in [1.29, 1.82) is 0 Å². The van der Waals surface area contributed by atoms with Crippen molar-refractivity contribution < 1.29 is 18.3 Å². The zero-order valence-electron chi connectivity index (χ0n) is 16.5. The molecule has 0 saturated carbocycles. The first-order chi connectivity index (χ1) is 15.1. The van der Waals surface area contributed by atoms with Crippen LogP contribution in [0.2, 0.25) is 0 Å². The van der Waals surface area contributed by atoms with Crippen LogP contribution in [0.4, 0.5) is 14.5 Å². The van der Waals surface area contributed by atoms with E-state index in [1.54, 1.807) is 12.1 Å². The molecule has 1 aliphatic heterocycles. The maximum Gasteiger partial charge on any atom is 0.387 e. The molecule has 0 spiro atoms. The Hall–Kier alpha value is -3.86. The molecule has 0 fully saturated rings. The molecule has 1 aliphatic rings. The number of halogens is 2. The van der Waals surface area contributed by atoms with Crippen LogP contribution in [0.25, 0.3) is 22.3 Å². The molecule has 1 atom stereocenters. The van der Waals surface area contributed by atoms with Gasteiger partial charge in [-0.25, -0.2) is 0 Å². The number of hydrogen-bond donors (Lipinski definition) is 1. The molecule has 0 radical (unpaired) electrons. The topological polar surface area (TPSA) is 44.5 Å². The number of anilines is 1. The van der Waals surface area contributed by atoms with Gasteiger partial charge in [-0.1, -0.05) is 66.7 Å². The Morgan fingerprint density at radius 2 is 1.58 bits per heavy atom. The van der Waals surface area contributed by atoms with Crippen LogP contribution in [0.5, 0.6) is 11.5 Å². The first-order valence-electron chi connectivity index (χ1n) is 9.90. The monoisotopic (exact) mass is 415 g/mol. The maximum atomic E-state index is 13.1. The molecule has 0 saturated heterocycles. The smallest absolute Gasteiger partial charge is 0.387 e. The third kappa shape index (κ3) is 3.48. The van der Waals surface area contributed by atoms with Crippen LogP contribution in [-0.2, 0) is 0 Å². The van der Waals surface area contributed by atoms with E-state index < -0.39 is 12.7 Å². The summed E-state index contributed by atoms with van der Waals surface area (Å²) in [7, 11) is 0. The number of fused-ring (bicyclic) bond motifs is 3. The molecule has 0 amide bonds. The van der Waals surface area contributed by atoms with Gasteiger partial charge in [0.1, 0.15) is 17.6 Å². The van der Waals surface area contributed by atoms with Crippen molar-refractivity contribution in [3.8, 4) is 33.8 Å². The summed E-state index contributed by atoms with van der Waals surface area (Å²) in [6, 6.07) is 28.3. The number of nitrogen functional groups attached to an aromatic ring is 1. The van der Waals surface area contributed by atoms with Crippen molar-refractivity contribution in [3.63, 3.8) is 0 Å². The van der Waals surface area contributed by atoms with Crippen LogP contribution in [0.3, 0.4) is 0 Å². The number of para-hydroxylation sites is 1. The lowest BCUT2D eigenvalue weighted by Gasteiger charge is -2.31. The lowest BCUT2D eigenvalue weighted by atomic mass is 9.86. The Bertz CT molecular complexity index is 1240. The van der Waals surface area contributed by atoms with E-state index in [1.165, 1.54) is 6.07 Å². The van der Waals surface area contributed by atoms with Crippen LogP contribution in [-0.4, -0.2) is 6.61 Å². The highest BCUT2D eigenvalue weighted by atomic mass is 19.3. The van der Waals surface area contributed by atoms with Crippen LogP contribution in [0.15, 0.2) is 91.0 Å². The van der Waals surface area contributed by atoms with Crippen molar-refractivity contribution in [2.24, 2.45) is 0 Å². The van der Waals surface area contributed by atoms with Gasteiger partial charge >= 0.3 is 6.61 Å². The van der Waals surface area contributed by atoms with E-state index in [0.717, 1.165) is 27.8 Å². The van der Waals surface area contributed by atoms with Gasteiger partial charge in [-0.05, 0) is 41.0 Å². The Kier molecular flexibility index (Phi) is 4.79. The van der Waals surface area contributed by atoms with E-state index in [0.29, 0.717) is 17.0 Å². The van der Waals surface area contributed by atoms with E-state index in [2.05, 4.69) is 0 Å². The number of benzene rings is 4. The molecular weight excluding hydrogens is 396 g/mol. The highest BCUT2D eigenvalue weighted by Gasteiger charge is 2.30. The van der Waals surface area contributed by atoms with Crippen LogP contribution >= 0.6 is 0 Å². The minimum Gasteiger partial charge on any atom is -0.480 e. The van der Waals surface area contributed by atoms with E-state index in [9.17, 15) is 8.78 Å². The summed E-state index contributed by atoms with van der Waals surface area (Å²) in [5.41, 5.74) is 11.8. The van der Waals surface area contributed by atoms with Crippen molar-refractivity contribution in [2.75, 3.05) is 5.73 Å². The molecule has 154 valence electrons. The summed E-state index contributed by atoms with van der Waals surface area (Å²) >= 11 is 0. The van der Waals surface area contributed by atoms with E-state index in [4.69, 9.17) is 15.2 Å². The van der Waals surface area contributed by atoms with Crippen LogP contribution < -0.4 is 15.2 Å². The molecule has 0 aromatic heterocycles. The van der Waals surface area contributed by atoms with Gasteiger partial charge in [-0.3, -0.25) is 0 Å². The SMILES string of the molecule is Nc1ccccc1-c1ccc2c(c1)C(c1ccccc1)Oc1cccc(OC(F)F)c1-2. The number of alkyl halides is 2. The predicted molar refractivity (Wildman–Crippen MR) is 117 cm³/mol. The predicted octanol–water partition coefficient (Wildman–Crippen LogP) is 6.69. The number of ether oxygens (including phenoxy) is 2. The van der Waals surface area contributed by atoms with Crippen molar-refractivity contribution in [3.05, 3.63) is 102 Å². The largest absolute Gasteiger partial charge is 0.480 e. The van der Waals surface area contributed by atoms with Gasteiger partial charge in [-0.2, -0.15) is 8.78 Å². The molecule has 4 aromatic rings. The number of nitrogens with two attached hydrogens (primary N) is 1.